The van der Waals surface area contributed by atoms with E-state index in [1.807, 2.05) is 6.92 Å². The molecule has 0 radical (unpaired) electrons. The molecule has 1 atom stereocenters. The summed E-state index contributed by atoms with van der Waals surface area (Å²) in [6.07, 6.45) is 2.33. The van der Waals surface area contributed by atoms with E-state index in [4.69, 9.17) is 10.6 Å². The van der Waals surface area contributed by atoms with Gasteiger partial charge in [-0.2, -0.15) is 0 Å². The Labute approximate surface area is 79.7 Å². The van der Waals surface area contributed by atoms with Crippen LogP contribution in [0.2, 0.25) is 0 Å². The van der Waals surface area contributed by atoms with Crippen LogP contribution in [-0.2, 0) is 4.84 Å². The van der Waals surface area contributed by atoms with E-state index in [1.165, 1.54) is 13.0 Å². The molecule has 2 N–H and O–H groups in total. The van der Waals surface area contributed by atoms with Crippen LogP contribution in [0.5, 0.6) is 0 Å². The van der Waals surface area contributed by atoms with Crippen LogP contribution in [0.1, 0.15) is 19.8 Å². The van der Waals surface area contributed by atoms with Crippen LogP contribution in [0.25, 0.3) is 0 Å². The van der Waals surface area contributed by atoms with Crippen LogP contribution in [0.15, 0.2) is 5.16 Å². The lowest BCUT2D eigenvalue weighted by Gasteiger charge is -2.28. The first-order chi connectivity index (χ1) is 6.24. The molecule has 0 saturated carbocycles. The standard InChI is InChI=1S/C9H19N3O/c1-3-13-11-9(10)8-5-4-6-12(2)7-8/h8H,3-7H2,1-2H3,(H2,10,11). The van der Waals surface area contributed by atoms with Crippen molar-refractivity contribution in [2.75, 3.05) is 26.7 Å². The number of oxime groups is 1. The monoisotopic (exact) mass is 185 g/mol. The van der Waals surface area contributed by atoms with E-state index in [2.05, 4.69) is 17.1 Å². The number of hydrogen-bond donors (Lipinski definition) is 1. The van der Waals surface area contributed by atoms with E-state index >= 15 is 0 Å². The summed E-state index contributed by atoms with van der Waals surface area (Å²) < 4.78 is 0. The summed E-state index contributed by atoms with van der Waals surface area (Å²) >= 11 is 0. The molecule has 4 nitrogen and oxygen atoms in total. The lowest BCUT2D eigenvalue weighted by atomic mass is 9.98. The molecule has 1 fully saturated rings. The molecular weight excluding hydrogens is 166 g/mol. The van der Waals surface area contributed by atoms with Gasteiger partial charge in [0.15, 0.2) is 0 Å². The highest BCUT2D eigenvalue weighted by molar-refractivity contribution is 5.82. The summed E-state index contributed by atoms with van der Waals surface area (Å²) in [5.41, 5.74) is 5.80. The first-order valence-electron chi connectivity index (χ1n) is 4.88. The van der Waals surface area contributed by atoms with Gasteiger partial charge >= 0.3 is 0 Å². The first kappa shape index (κ1) is 10.3. The zero-order valence-electron chi connectivity index (χ0n) is 8.49. The SMILES string of the molecule is CCO/N=C(\N)C1CCCN(C)C1. The molecule has 1 aliphatic heterocycles. The van der Waals surface area contributed by atoms with Crippen molar-refractivity contribution >= 4 is 5.84 Å². The molecule has 13 heavy (non-hydrogen) atoms. The van der Waals surface area contributed by atoms with Crippen molar-refractivity contribution < 1.29 is 4.84 Å². The van der Waals surface area contributed by atoms with Crippen LogP contribution in [0, 0.1) is 5.92 Å². The van der Waals surface area contributed by atoms with Gasteiger partial charge in [-0.3, -0.25) is 0 Å². The van der Waals surface area contributed by atoms with Crippen molar-refractivity contribution in [1.29, 1.82) is 0 Å². The largest absolute Gasteiger partial charge is 0.395 e. The lowest BCUT2D eigenvalue weighted by Crippen LogP contribution is -2.39. The Kier molecular flexibility index (Phi) is 4.02. The maximum absolute atomic E-state index is 5.80. The topological polar surface area (TPSA) is 50.9 Å². The maximum atomic E-state index is 5.80. The number of hydrogen-bond acceptors (Lipinski definition) is 3. The average Bonchev–Trinajstić information content (AvgIpc) is 2.14. The van der Waals surface area contributed by atoms with Crippen LogP contribution in [0.3, 0.4) is 0 Å². The molecule has 1 aliphatic rings. The Balaban J connectivity index is 2.40. The zero-order chi connectivity index (χ0) is 9.68. The molecule has 76 valence electrons. The Hall–Kier alpha value is -0.770. The van der Waals surface area contributed by atoms with E-state index in [-0.39, 0.29) is 0 Å². The van der Waals surface area contributed by atoms with Crippen LogP contribution in [-0.4, -0.2) is 37.5 Å². The summed E-state index contributed by atoms with van der Waals surface area (Å²) in [6.45, 7) is 4.66. The quantitative estimate of drug-likeness (QED) is 0.399. The van der Waals surface area contributed by atoms with E-state index < -0.39 is 0 Å². The predicted octanol–water partition coefficient (Wildman–Crippen LogP) is 0.637. The summed E-state index contributed by atoms with van der Waals surface area (Å²) in [7, 11) is 2.11. The first-order valence-corrected chi connectivity index (χ1v) is 4.88. The molecule has 0 amide bonds. The summed E-state index contributed by atoms with van der Waals surface area (Å²) in [4.78, 5) is 7.21. The third kappa shape index (κ3) is 3.22. The molecule has 1 heterocycles. The van der Waals surface area contributed by atoms with Gasteiger partial charge < -0.3 is 15.5 Å². The fraction of sp³-hybridized carbons (Fsp3) is 0.889. The second-order valence-electron chi connectivity index (χ2n) is 3.54. The van der Waals surface area contributed by atoms with Crippen LogP contribution in [0.4, 0.5) is 0 Å². The van der Waals surface area contributed by atoms with E-state index in [9.17, 15) is 0 Å². The smallest absolute Gasteiger partial charge is 0.143 e. The fourth-order valence-electron chi connectivity index (χ4n) is 1.62. The minimum Gasteiger partial charge on any atom is -0.395 e. The third-order valence-corrected chi connectivity index (χ3v) is 2.34. The van der Waals surface area contributed by atoms with Gasteiger partial charge in [0.25, 0.3) is 0 Å². The molecule has 0 aromatic heterocycles. The highest BCUT2D eigenvalue weighted by atomic mass is 16.6. The maximum Gasteiger partial charge on any atom is 0.143 e. The van der Waals surface area contributed by atoms with Crippen molar-refractivity contribution in [3.05, 3.63) is 0 Å². The van der Waals surface area contributed by atoms with Gasteiger partial charge in [0.1, 0.15) is 12.4 Å². The third-order valence-electron chi connectivity index (χ3n) is 2.34. The van der Waals surface area contributed by atoms with Crippen molar-refractivity contribution in [2.45, 2.75) is 19.8 Å². The zero-order valence-corrected chi connectivity index (χ0v) is 8.49. The Morgan fingerprint density at radius 3 is 3.08 bits per heavy atom. The predicted molar refractivity (Wildman–Crippen MR) is 53.5 cm³/mol. The Morgan fingerprint density at radius 2 is 2.46 bits per heavy atom. The molecular formula is C9H19N3O. The lowest BCUT2D eigenvalue weighted by molar-refractivity contribution is 0.153. The summed E-state index contributed by atoms with van der Waals surface area (Å²) in [5.74, 6) is 1.03. The number of rotatable bonds is 3. The normalized spacial score (nSPS) is 26.0. The Morgan fingerprint density at radius 1 is 1.69 bits per heavy atom. The molecule has 0 spiro atoms. The number of nitrogens with two attached hydrogens (primary N) is 1. The molecule has 0 bridgehead atoms. The molecule has 0 aromatic carbocycles. The van der Waals surface area contributed by atoms with Gasteiger partial charge in [0.2, 0.25) is 0 Å². The Bertz CT molecular complexity index is 182. The summed E-state index contributed by atoms with van der Waals surface area (Å²) in [5, 5.41) is 3.87. The van der Waals surface area contributed by atoms with Crippen LogP contribution < -0.4 is 5.73 Å². The van der Waals surface area contributed by atoms with Gasteiger partial charge in [0.05, 0.1) is 0 Å². The van der Waals surface area contributed by atoms with Crippen LogP contribution >= 0.6 is 0 Å². The molecule has 1 saturated heterocycles. The van der Waals surface area contributed by atoms with Gasteiger partial charge in [-0.1, -0.05) is 5.16 Å². The molecule has 4 heteroatoms. The van der Waals surface area contributed by atoms with Gasteiger partial charge in [-0.25, -0.2) is 0 Å². The number of likely N-dealkylation sites (tertiary alicyclic amines) is 1. The van der Waals surface area contributed by atoms with Crippen molar-refractivity contribution in [3.63, 3.8) is 0 Å². The van der Waals surface area contributed by atoms with Crippen molar-refractivity contribution in [3.8, 4) is 0 Å². The van der Waals surface area contributed by atoms with E-state index in [0.717, 1.165) is 13.0 Å². The number of amidine groups is 1. The van der Waals surface area contributed by atoms with E-state index in [0.29, 0.717) is 18.4 Å². The van der Waals surface area contributed by atoms with Crippen molar-refractivity contribution in [2.24, 2.45) is 16.8 Å². The molecule has 1 unspecified atom stereocenters. The second kappa shape index (κ2) is 5.07. The number of piperidine rings is 1. The minimum absolute atomic E-state index is 0.380. The fourth-order valence-corrected chi connectivity index (χ4v) is 1.62. The van der Waals surface area contributed by atoms with Gasteiger partial charge in [0, 0.05) is 12.5 Å². The minimum atomic E-state index is 0.380. The highest BCUT2D eigenvalue weighted by Crippen LogP contribution is 2.14. The average molecular weight is 185 g/mol. The molecule has 1 rings (SSSR count). The van der Waals surface area contributed by atoms with Gasteiger partial charge in [-0.15, -0.1) is 0 Å². The van der Waals surface area contributed by atoms with Crippen molar-refractivity contribution in [1.82, 2.24) is 4.90 Å². The molecule has 0 aromatic rings. The summed E-state index contributed by atoms with van der Waals surface area (Å²) in [6, 6.07) is 0. The highest BCUT2D eigenvalue weighted by Gasteiger charge is 2.20. The molecule has 0 aliphatic carbocycles. The second-order valence-corrected chi connectivity index (χ2v) is 3.54. The van der Waals surface area contributed by atoms with Gasteiger partial charge in [-0.05, 0) is 33.4 Å². The number of nitrogens with zero attached hydrogens (tertiary/aromatic N) is 2. The van der Waals surface area contributed by atoms with E-state index in [1.54, 1.807) is 0 Å².